The van der Waals surface area contributed by atoms with Gasteiger partial charge in [0.1, 0.15) is 12.3 Å². The van der Waals surface area contributed by atoms with E-state index in [-0.39, 0.29) is 40.4 Å². The van der Waals surface area contributed by atoms with Gasteiger partial charge in [-0.1, -0.05) is 34.6 Å². The molecule has 1 saturated carbocycles. The standard InChI is InChI=1S/C19H34N4O2.HI/c1-9-20-16(23-13-10-19(7,24-8)18(13,5)6)22-12-15-21-11-14(25-15)17(2,3)4;/h11,13H,9-10,12H2,1-8H3,(H2,20,22,23);1H. The second-order valence-corrected chi connectivity index (χ2v) is 8.62. The van der Waals surface area contributed by atoms with Gasteiger partial charge in [0.2, 0.25) is 5.89 Å². The Morgan fingerprint density at radius 3 is 2.50 bits per heavy atom. The van der Waals surface area contributed by atoms with E-state index in [1.807, 2.05) is 0 Å². The quantitative estimate of drug-likeness (QED) is 0.382. The molecule has 7 heteroatoms. The van der Waals surface area contributed by atoms with Crippen LogP contribution in [0.4, 0.5) is 0 Å². The first-order chi connectivity index (χ1) is 11.5. The van der Waals surface area contributed by atoms with Crippen LogP contribution in [0.15, 0.2) is 15.6 Å². The topological polar surface area (TPSA) is 71.7 Å². The highest BCUT2D eigenvalue weighted by Gasteiger charge is 2.58. The van der Waals surface area contributed by atoms with Crippen molar-refractivity contribution in [2.75, 3.05) is 13.7 Å². The van der Waals surface area contributed by atoms with Crippen LogP contribution in [0.1, 0.15) is 66.5 Å². The van der Waals surface area contributed by atoms with E-state index < -0.39 is 0 Å². The Labute approximate surface area is 175 Å². The van der Waals surface area contributed by atoms with Crippen molar-refractivity contribution in [2.45, 2.75) is 78.5 Å². The van der Waals surface area contributed by atoms with Gasteiger partial charge < -0.3 is 19.8 Å². The van der Waals surface area contributed by atoms with Gasteiger partial charge in [0.25, 0.3) is 0 Å². The number of hydrogen-bond donors (Lipinski definition) is 2. The molecule has 1 heterocycles. The van der Waals surface area contributed by atoms with Crippen LogP contribution in [0.2, 0.25) is 0 Å². The van der Waals surface area contributed by atoms with Crippen LogP contribution in [0.3, 0.4) is 0 Å². The average Bonchev–Trinajstić information content (AvgIpc) is 3.01. The van der Waals surface area contributed by atoms with Gasteiger partial charge in [0, 0.05) is 30.5 Å². The summed E-state index contributed by atoms with van der Waals surface area (Å²) in [5, 5.41) is 6.83. The van der Waals surface area contributed by atoms with E-state index in [2.05, 4.69) is 69.1 Å². The fraction of sp³-hybridized carbons (Fsp3) is 0.789. The number of nitrogens with one attached hydrogen (secondary N) is 2. The molecule has 0 radical (unpaired) electrons. The SMILES string of the molecule is CCNC(=NCc1ncc(C(C)(C)C)o1)NC1CC(C)(OC)C1(C)C.I. The normalized spacial score (nSPS) is 25.2. The number of ether oxygens (including phenoxy) is 1. The molecule has 2 rings (SSSR count). The second kappa shape index (κ2) is 8.46. The zero-order chi connectivity index (χ0) is 18.9. The Hall–Kier alpha value is -0.830. The third-order valence-electron chi connectivity index (χ3n) is 5.60. The minimum atomic E-state index is -0.105. The van der Waals surface area contributed by atoms with Crippen molar-refractivity contribution in [3.8, 4) is 0 Å². The third-order valence-corrected chi connectivity index (χ3v) is 5.60. The first-order valence-corrected chi connectivity index (χ1v) is 9.08. The summed E-state index contributed by atoms with van der Waals surface area (Å²) < 4.78 is 11.5. The molecule has 0 spiro atoms. The number of halogens is 1. The number of aliphatic imine (C=N–C) groups is 1. The lowest BCUT2D eigenvalue weighted by atomic mass is 9.56. The van der Waals surface area contributed by atoms with Gasteiger partial charge in [-0.25, -0.2) is 9.98 Å². The smallest absolute Gasteiger partial charge is 0.216 e. The largest absolute Gasteiger partial charge is 0.443 e. The van der Waals surface area contributed by atoms with E-state index >= 15 is 0 Å². The lowest BCUT2D eigenvalue weighted by molar-refractivity contribution is -0.176. The molecule has 0 aromatic carbocycles. The zero-order valence-corrected chi connectivity index (χ0v) is 19.7. The van der Waals surface area contributed by atoms with Gasteiger partial charge in [-0.05, 0) is 20.3 Å². The van der Waals surface area contributed by atoms with Crippen LogP contribution in [0.25, 0.3) is 0 Å². The lowest BCUT2D eigenvalue weighted by Gasteiger charge is -2.59. The highest BCUT2D eigenvalue weighted by Crippen LogP contribution is 2.51. The van der Waals surface area contributed by atoms with Crippen LogP contribution in [-0.4, -0.2) is 36.2 Å². The van der Waals surface area contributed by atoms with Gasteiger partial charge in [0.15, 0.2) is 5.96 Å². The summed E-state index contributed by atoms with van der Waals surface area (Å²) in [6, 6.07) is 0.310. The Balaban J connectivity index is 0.00000338. The maximum absolute atomic E-state index is 5.82. The molecular weight excluding hydrogens is 443 g/mol. The molecule has 2 N–H and O–H groups in total. The van der Waals surface area contributed by atoms with Crippen LogP contribution >= 0.6 is 24.0 Å². The Morgan fingerprint density at radius 2 is 2.04 bits per heavy atom. The Kier molecular flexibility index (Phi) is 7.55. The van der Waals surface area contributed by atoms with Gasteiger partial charge in [0.05, 0.1) is 11.8 Å². The fourth-order valence-electron chi connectivity index (χ4n) is 3.08. The van der Waals surface area contributed by atoms with Crippen molar-refractivity contribution in [1.29, 1.82) is 0 Å². The number of nitrogens with zero attached hydrogens (tertiary/aromatic N) is 2. The predicted molar refractivity (Wildman–Crippen MR) is 116 cm³/mol. The van der Waals surface area contributed by atoms with Crippen molar-refractivity contribution in [3.05, 3.63) is 17.8 Å². The molecule has 1 aromatic rings. The van der Waals surface area contributed by atoms with Gasteiger partial charge in [-0.3, -0.25) is 0 Å². The first kappa shape index (κ1) is 23.2. The van der Waals surface area contributed by atoms with Crippen molar-refractivity contribution >= 4 is 29.9 Å². The van der Waals surface area contributed by atoms with Crippen LogP contribution < -0.4 is 10.6 Å². The number of oxazole rings is 1. The van der Waals surface area contributed by atoms with Crippen LogP contribution in [0, 0.1) is 5.41 Å². The van der Waals surface area contributed by atoms with Gasteiger partial charge in [-0.2, -0.15) is 0 Å². The van der Waals surface area contributed by atoms with Gasteiger partial charge in [-0.15, -0.1) is 24.0 Å². The van der Waals surface area contributed by atoms with Gasteiger partial charge >= 0.3 is 0 Å². The maximum atomic E-state index is 5.82. The highest BCUT2D eigenvalue weighted by molar-refractivity contribution is 14.0. The van der Waals surface area contributed by atoms with Crippen molar-refractivity contribution in [2.24, 2.45) is 10.4 Å². The predicted octanol–water partition coefficient (Wildman–Crippen LogP) is 3.85. The molecule has 0 amide bonds. The lowest BCUT2D eigenvalue weighted by Crippen LogP contribution is -2.69. The number of aromatic nitrogens is 1. The highest BCUT2D eigenvalue weighted by atomic mass is 127. The summed E-state index contributed by atoms with van der Waals surface area (Å²) in [5.41, 5.74) is -0.120. The maximum Gasteiger partial charge on any atom is 0.216 e. The van der Waals surface area contributed by atoms with Crippen LogP contribution in [-0.2, 0) is 16.7 Å². The minimum absolute atomic E-state index is 0. The summed E-state index contributed by atoms with van der Waals surface area (Å²) in [5.74, 6) is 2.30. The minimum Gasteiger partial charge on any atom is -0.443 e. The number of guanidine groups is 1. The monoisotopic (exact) mass is 478 g/mol. The Bertz CT molecular complexity index is 621. The summed E-state index contributed by atoms with van der Waals surface area (Å²) in [6.45, 7) is 16.2. The van der Waals surface area contributed by atoms with Crippen LogP contribution in [0.5, 0.6) is 0 Å². The molecular formula is C19H35IN4O2. The molecule has 6 nitrogen and oxygen atoms in total. The third kappa shape index (κ3) is 4.71. The molecule has 0 aliphatic heterocycles. The molecule has 1 aliphatic carbocycles. The number of methoxy groups -OCH3 is 1. The fourth-order valence-corrected chi connectivity index (χ4v) is 3.08. The molecule has 26 heavy (non-hydrogen) atoms. The molecule has 2 atom stereocenters. The zero-order valence-electron chi connectivity index (χ0n) is 17.4. The van der Waals surface area contributed by atoms with Crippen molar-refractivity contribution in [1.82, 2.24) is 15.6 Å². The number of hydrogen-bond acceptors (Lipinski definition) is 4. The van der Waals surface area contributed by atoms with E-state index in [1.165, 1.54) is 0 Å². The van der Waals surface area contributed by atoms with E-state index in [1.54, 1.807) is 13.3 Å². The molecule has 2 unspecified atom stereocenters. The van der Waals surface area contributed by atoms with E-state index in [0.717, 1.165) is 24.7 Å². The average molecular weight is 478 g/mol. The molecule has 1 fully saturated rings. The van der Waals surface area contributed by atoms with E-state index in [0.29, 0.717) is 18.5 Å². The second-order valence-electron chi connectivity index (χ2n) is 8.62. The summed E-state index contributed by atoms with van der Waals surface area (Å²) in [7, 11) is 1.78. The summed E-state index contributed by atoms with van der Waals surface area (Å²) >= 11 is 0. The van der Waals surface area contributed by atoms with Crippen molar-refractivity contribution in [3.63, 3.8) is 0 Å². The van der Waals surface area contributed by atoms with Crippen molar-refractivity contribution < 1.29 is 9.15 Å². The Morgan fingerprint density at radius 1 is 1.38 bits per heavy atom. The first-order valence-electron chi connectivity index (χ1n) is 9.08. The number of rotatable bonds is 5. The molecule has 150 valence electrons. The molecule has 0 saturated heterocycles. The van der Waals surface area contributed by atoms with E-state index in [9.17, 15) is 0 Å². The molecule has 1 aliphatic rings. The summed E-state index contributed by atoms with van der Waals surface area (Å²) in [4.78, 5) is 8.98. The summed E-state index contributed by atoms with van der Waals surface area (Å²) in [6.07, 6.45) is 2.75. The molecule has 1 aromatic heterocycles. The molecule has 0 bridgehead atoms. The van der Waals surface area contributed by atoms with E-state index in [4.69, 9.17) is 9.15 Å².